The maximum Gasteiger partial charge on any atom is 0.310 e. The van der Waals surface area contributed by atoms with Crippen LogP contribution in [0.3, 0.4) is 0 Å². The van der Waals surface area contributed by atoms with E-state index in [4.69, 9.17) is 10.2 Å². The molecule has 14 heavy (non-hydrogen) atoms. The van der Waals surface area contributed by atoms with Crippen molar-refractivity contribution in [2.75, 3.05) is 0 Å². The number of carboxylic acids is 2. The average Bonchev–Trinajstić information content (AvgIpc) is 2.10. The molecule has 0 aliphatic carbocycles. The zero-order valence-electron chi connectivity index (χ0n) is 8.43. The molecule has 0 saturated heterocycles. The van der Waals surface area contributed by atoms with Crippen LogP contribution in [0.2, 0.25) is 0 Å². The molecule has 0 amide bonds. The molecule has 0 rings (SSSR count). The second-order valence-electron chi connectivity index (χ2n) is 3.16. The average molecular weight is 200 g/mol. The van der Waals surface area contributed by atoms with E-state index in [0.717, 1.165) is 0 Å². The number of allylic oxidation sites excluding steroid dienone is 1. The summed E-state index contributed by atoms with van der Waals surface area (Å²) < 4.78 is 0. The van der Waals surface area contributed by atoms with E-state index >= 15 is 0 Å². The van der Waals surface area contributed by atoms with Crippen LogP contribution in [0, 0.1) is 11.8 Å². The summed E-state index contributed by atoms with van der Waals surface area (Å²) in [5.41, 5.74) is 0. The molecule has 0 aliphatic rings. The van der Waals surface area contributed by atoms with Crippen LogP contribution in [-0.2, 0) is 9.59 Å². The Hall–Kier alpha value is -1.32. The fourth-order valence-corrected chi connectivity index (χ4v) is 1.40. The van der Waals surface area contributed by atoms with E-state index < -0.39 is 17.9 Å². The topological polar surface area (TPSA) is 74.6 Å². The van der Waals surface area contributed by atoms with E-state index in [1.165, 1.54) is 0 Å². The van der Waals surface area contributed by atoms with E-state index in [1.54, 1.807) is 26.0 Å². The van der Waals surface area contributed by atoms with Gasteiger partial charge in [0.25, 0.3) is 0 Å². The summed E-state index contributed by atoms with van der Waals surface area (Å²) in [6.07, 6.45) is 3.63. The van der Waals surface area contributed by atoms with E-state index in [9.17, 15) is 9.59 Å². The van der Waals surface area contributed by atoms with Crippen molar-refractivity contribution in [2.24, 2.45) is 11.8 Å². The minimum absolute atomic E-state index is 0.0994. The van der Waals surface area contributed by atoms with E-state index in [1.807, 2.05) is 0 Å². The Bertz CT molecular complexity index is 232. The van der Waals surface area contributed by atoms with Crippen molar-refractivity contribution in [2.45, 2.75) is 26.7 Å². The lowest BCUT2D eigenvalue weighted by atomic mass is 9.87. The first kappa shape index (κ1) is 12.7. The predicted octanol–water partition coefficient (Wildman–Crippen LogP) is 1.76. The SMILES string of the molecule is C/C=C\C(C(=O)O)C(CC)CC(=O)O. The molecule has 0 aromatic carbocycles. The highest BCUT2D eigenvalue weighted by molar-refractivity contribution is 5.74. The molecule has 0 spiro atoms. The van der Waals surface area contributed by atoms with Gasteiger partial charge in [-0.1, -0.05) is 25.5 Å². The molecule has 0 aliphatic heterocycles. The van der Waals surface area contributed by atoms with Crippen molar-refractivity contribution >= 4 is 11.9 Å². The van der Waals surface area contributed by atoms with Gasteiger partial charge >= 0.3 is 11.9 Å². The molecule has 80 valence electrons. The molecule has 4 nitrogen and oxygen atoms in total. The lowest BCUT2D eigenvalue weighted by molar-refractivity contribution is -0.143. The number of hydrogen-bond acceptors (Lipinski definition) is 2. The zero-order chi connectivity index (χ0) is 11.1. The Morgan fingerprint density at radius 1 is 1.36 bits per heavy atom. The van der Waals surface area contributed by atoms with Gasteiger partial charge in [-0.2, -0.15) is 0 Å². The number of carbonyl (C=O) groups is 2. The molecule has 0 heterocycles. The second kappa shape index (κ2) is 6.18. The quantitative estimate of drug-likeness (QED) is 0.641. The van der Waals surface area contributed by atoms with Crippen LogP contribution in [0.25, 0.3) is 0 Å². The van der Waals surface area contributed by atoms with E-state index in [-0.39, 0.29) is 12.3 Å². The molecule has 2 N–H and O–H groups in total. The zero-order valence-corrected chi connectivity index (χ0v) is 8.43. The summed E-state index contributed by atoms with van der Waals surface area (Å²) in [4.78, 5) is 21.3. The van der Waals surface area contributed by atoms with Gasteiger partial charge < -0.3 is 10.2 Å². The monoisotopic (exact) mass is 200 g/mol. The fourth-order valence-electron chi connectivity index (χ4n) is 1.40. The lowest BCUT2D eigenvalue weighted by Crippen LogP contribution is -2.23. The summed E-state index contributed by atoms with van der Waals surface area (Å²) in [7, 11) is 0. The predicted molar refractivity (Wildman–Crippen MR) is 52.0 cm³/mol. The third kappa shape index (κ3) is 4.07. The van der Waals surface area contributed by atoms with Crippen LogP contribution < -0.4 is 0 Å². The van der Waals surface area contributed by atoms with Gasteiger partial charge in [0.2, 0.25) is 0 Å². The van der Waals surface area contributed by atoms with Gasteiger partial charge in [0.05, 0.1) is 5.92 Å². The highest BCUT2D eigenvalue weighted by Gasteiger charge is 2.25. The molecule has 4 heteroatoms. The molecule has 0 fully saturated rings. The molecule has 0 bridgehead atoms. The Kier molecular flexibility index (Phi) is 5.60. The second-order valence-corrected chi connectivity index (χ2v) is 3.16. The Morgan fingerprint density at radius 2 is 1.93 bits per heavy atom. The first-order valence-corrected chi connectivity index (χ1v) is 4.60. The summed E-state index contributed by atoms with van der Waals surface area (Å²) in [6.45, 7) is 3.52. The number of hydrogen-bond donors (Lipinski definition) is 2. The van der Waals surface area contributed by atoms with Crippen LogP contribution in [0.1, 0.15) is 26.7 Å². The van der Waals surface area contributed by atoms with Crippen LogP contribution in [0.5, 0.6) is 0 Å². The standard InChI is InChI=1S/C10H16O4/c1-3-5-8(10(13)14)7(4-2)6-9(11)12/h3,5,7-8H,4,6H2,1-2H3,(H,11,12)(H,13,14)/b5-3-. The smallest absolute Gasteiger partial charge is 0.310 e. The molecule has 2 unspecified atom stereocenters. The van der Waals surface area contributed by atoms with Crippen LogP contribution in [-0.4, -0.2) is 22.2 Å². The first-order valence-electron chi connectivity index (χ1n) is 4.60. The summed E-state index contributed by atoms with van der Waals surface area (Å²) in [5.74, 6) is -2.94. The maximum absolute atomic E-state index is 10.8. The third-order valence-electron chi connectivity index (χ3n) is 2.15. The largest absolute Gasteiger partial charge is 0.481 e. The van der Waals surface area contributed by atoms with Gasteiger partial charge in [0.15, 0.2) is 0 Å². The van der Waals surface area contributed by atoms with E-state index in [0.29, 0.717) is 6.42 Å². The molecule has 0 aromatic heterocycles. The number of aliphatic carboxylic acids is 2. The van der Waals surface area contributed by atoms with Crippen molar-refractivity contribution in [1.29, 1.82) is 0 Å². The maximum atomic E-state index is 10.8. The van der Waals surface area contributed by atoms with Crippen molar-refractivity contribution < 1.29 is 19.8 Å². The highest BCUT2D eigenvalue weighted by atomic mass is 16.4. The van der Waals surface area contributed by atoms with Gasteiger partial charge in [-0.05, 0) is 12.8 Å². The number of rotatable bonds is 6. The van der Waals surface area contributed by atoms with E-state index in [2.05, 4.69) is 0 Å². The minimum atomic E-state index is -0.962. The van der Waals surface area contributed by atoms with Crippen molar-refractivity contribution in [3.63, 3.8) is 0 Å². The van der Waals surface area contributed by atoms with Gasteiger partial charge in [-0.15, -0.1) is 0 Å². The fraction of sp³-hybridized carbons (Fsp3) is 0.600. The Balaban J connectivity index is 4.57. The molecule has 2 atom stereocenters. The summed E-state index contributed by atoms with van der Waals surface area (Å²) in [5, 5.41) is 17.5. The molecule has 0 saturated carbocycles. The molecule has 0 aromatic rings. The normalized spacial score (nSPS) is 15.3. The highest BCUT2D eigenvalue weighted by Crippen LogP contribution is 2.21. The number of carboxylic acid groups (broad SMARTS) is 2. The van der Waals surface area contributed by atoms with Crippen LogP contribution in [0.4, 0.5) is 0 Å². The van der Waals surface area contributed by atoms with Gasteiger partial charge in [0, 0.05) is 6.42 Å². The molecule has 0 radical (unpaired) electrons. The summed E-state index contributed by atoms with van der Waals surface area (Å²) >= 11 is 0. The third-order valence-corrected chi connectivity index (χ3v) is 2.15. The Morgan fingerprint density at radius 3 is 2.21 bits per heavy atom. The van der Waals surface area contributed by atoms with Crippen molar-refractivity contribution in [3.05, 3.63) is 12.2 Å². The minimum Gasteiger partial charge on any atom is -0.481 e. The summed E-state index contributed by atoms with van der Waals surface area (Å²) in [6, 6.07) is 0. The van der Waals surface area contributed by atoms with Gasteiger partial charge in [-0.3, -0.25) is 9.59 Å². The van der Waals surface area contributed by atoms with Gasteiger partial charge in [-0.25, -0.2) is 0 Å². The molecular weight excluding hydrogens is 184 g/mol. The van der Waals surface area contributed by atoms with Crippen LogP contribution >= 0.6 is 0 Å². The van der Waals surface area contributed by atoms with Crippen molar-refractivity contribution in [3.8, 4) is 0 Å². The van der Waals surface area contributed by atoms with Crippen LogP contribution in [0.15, 0.2) is 12.2 Å². The first-order chi connectivity index (χ1) is 6.52. The molecular formula is C10H16O4. The van der Waals surface area contributed by atoms with Gasteiger partial charge in [0.1, 0.15) is 0 Å². The Labute approximate surface area is 83.2 Å². The lowest BCUT2D eigenvalue weighted by Gasteiger charge is -2.17. The van der Waals surface area contributed by atoms with Crippen molar-refractivity contribution in [1.82, 2.24) is 0 Å².